The van der Waals surface area contributed by atoms with Gasteiger partial charge in [0.2, 0.25) is 5.91 Å². The van der Waals surface area contributed by atoms with E-state index < -0.39 is 0 Å². The van der Waals surface area contributed by atoms with E-state index in [1.807, 2.05) is 54.6 Å². The van der Waals surface area contributed by atoms with Gasteiger partial charge in [0.1, 0.15) is 0 Å². The molecule has 0 radical (unpaired) electrons. The summed E-state index contributed by atoms with van der Waals surface area (Å²) in [6.45, 7) is 0.375. The molecule has 3 aromatic carbocycles. The molecule has 0 saturated heterocycles. The molecule has 4 rings (SSSR count). The highest BCUT2D eigenvalue weighted by atomic mass is 79.9. The van der Waals surface area contributed by atoms with Crippen molar-refractivity contribution in [2.45, 2.75) is 31.7 Å². The van der Waals surface area contributed by atoms with Crippen molar-refractivity contribution in [3.8, 4) is 0 Å². The molecule has 1 aliphatic rings. The van der Waals surface area contributed by atoms with Gasteiger partial charge < -0.3 is 5.32 Å². The highest BCUT2D eigenvalue weighted by Crippen LogP contribution is 2.25. The maximum Gasteiger partial charge on any atom is 0.261 e. The number of hydrogen-bond acceptors (Lipinski definition) is 3. The quantitative estimate of drug-likeness (QED) is 0.308. The topological polar surface area (TPSA) is 66.5 Å². The Hall–Kier alpha value is -3.25. The molecule has 3 aromatic rings. The number of benzene rings is 3. The van der Waals surface area contributed by atoms with Gasteiger partial charge in [-0.15, -0.1) is 0 Å². The molecule has 0 saturated carbocycles. The predicted molar refractivity (Wildman–Crippen MR) is 131 cm³/mol. The Kier molecular flexibility index (Phi) is 7.35. The van der Waals surface area contributed by atoms with E-state index in [1.165, 1.54) is 4.90 Å². The van der Waals surface area contributed by atoms with E-state index in [2.05, 4.69) is 21.2 Å². The number of nitrogens with zero attached hydrogens (tertiary/aromatic N) is 1. The Morgan fingerprint density at radius 3 is 1.97 bits per heavy atom. The van der Waals surface area contributed by atoms with E-state index in [-0.39, 0.29) is 23.8 Å². The molecule has 1 heterocycles. The second-order valence-electron chi connectivity index (χ2n) is 8.08. The summed E-state index contributed by atoms with van der Waals surface area (Å²) in [4.78, 5) is 38.9. The third kappa shape index (κ3) is 5.40. The molecule has 0 unspecified atom stereocenters. The fourth-order valence-corrected chi connectivity index (χ4v) is 4.33. The zero-order valence-electron chi connectivity index (χ0n) is 18.2. The predicted octanol–water partition coefficient (Wildman–Crippen LogP) is 5.51. The van der Waals surface area contributed by atoms with E-state index in [9.17, 15) is 14.4 Å². The molecule has 1 aliphatic heterocycles. The number of nitrogens with one attached hydrogen (secondary N) is 1. The summed E-state index contributed by atoms with van der Waals surface area (Å²) in [5.41, 5.74) is 2.99. The summed E-state index contributed by atoms with van der Waals surface area (Å²) in [5.74, 6) is -0.477. The molecule has 6 heteroatoms. The number of hydrogen-bond donors (Lipinski definition) is 1. The Labute approximate surface area is 201 Å². The molecule has 0 fully saturated rings. The lowest BCUT2D eigenvalue weighted by atomic mass is 9.98. The van der Waals surface area contributed by atoms with Crippen molar-refractivity contribution in [3.05, 3.63) is 106 Å². The van der Waals surface area contributed by atoms with Crippen LogP contribution in [-0.2, 0) is 4.79 Å². The van der Waals surface area contributed by atoms with E-state index in [0.717, 1.165) is 22.0 Å². The van der Waals surface area contributed by atoms with Crippen LogP contribution < -0.4 is 5.32 Å². The number of fused-ring (bicyclic) bond motifs is 1. The van der Waals surface area contributed by atoms with Crippen molar-refractivity contribution >= 4 is 33.7 Å². The summed E-state index contributed by atoms with van der Waals surface area (Å²) in [5, 5.41) is 3.15. The fourth-order valence-electron chi connectivity index (χ4n) is 4.07. The first-order valence-corrected chi connectivity index (χ1v) is 11.9. The van der Waals surface area contributed by atoms with E-state index in [4.69, 9.17) is 0 Å². The second-order valence-corrected chi connectivity index (χ2v) is 9.00. The van der Waals surface area contributed by atoms with Crippen LogP contribution in [0.5, 0.6) is 0 Å². The van der Waals surface area contributed by atoms with Gasteiger partial charge in [-0.1, -0.05) is 76.9 Å². The van der Waals surface area contributed by atoms with Crippen LogP contribution in [0.4, 0.5) is 0 Å². The highest BCUT2D eigenvalue weighted by molar-refractivity contribution is 9.10. The van der Waals surface area contributed by atoms with Crippen molar-refractivity contribution in [2.75, 3.05) is 6.54 Å². The summed E-state index contributed by atoms with van der Waals surface area (Å²) < 4.78 is 0.988. The highest BCUT2D eigenvalue weighted by Gasteiger charge is 2.34. The van der Waals surface area contributed by atoms with Crippen molar-refractivity contribution in [2.24, 2.45) is 0 Å². The number of unbranched alkanes of at least 4 members (excludes halogenated alkanes) is 2. The van der Waals surface area contributed by atoms with Crippen LogP contribution in [0.15, 0.2) is 83.3 Å². The lowest BCUT2D eigenvalue weighted by Crippen LogP contribution is -2.31. The van der Waals surface area contributed by atoms with Crippen molar-refractivity contribution in [1.29, 1.82) is 0 Å². The van der Waals surface area contributed by atoms with Crippen LogP contribution in [0.25, 0.3) is 0 Å². The molecule has 168 valence electrons. The van der Waals surface area contributed by atoms with Crippen molar-refractivity contribution < 1.29 is 14.4 Å². The Bertz CT molecular complexity index is 1110. The third-order valence-corrected chi connectivity index (χ3v) is 6.33. The SMILES string of the molecule is O=C(CCCCCN1C(=O)c2ccccc2C1=O)N[C@H](c1ccccc1)c1ccc(Br)cc1. The maximum absolute atomic E-state index is 12.7. The Morgan fingerprint density at radius 2 is 1.33 bits per heavy atom. The number of carbonyl (C=O) groups is 3. The average Bonchev–Trinajstić information content (AvgIpc) is 3.08. The number of imide groups is 1. The summed E-state index contributed by atoms with van der Waals surface area (Å²) >= 11 is 3.46. The molecule has 5 nitrogen and oxygen atoms in total. The van der Waals surface area contributed by atoms with Gasteiger partial charge in [-0.3, -0.25) is 19.3 Å². The lowest BCUT2D eigenvalue weighted by Gasteiger charge is -2.20. The van der Waals surface area contributed by atoms with E-state index >= 15 is 0 Å². The van der Waals surface area contributed by atoms with Crippen LogP contribution in [0.1, 0.15) is 63.6 Å². The molecule has 0 spiro atoms. The Balaban J connectivity index is 1.27. The second kappa shape index (κ2) is 10.6. The van der Waals surface area contributed by atoms with Crippen LogP contribution in [0.2, 0.25) is 0 Å². The first-order valence-electron chi connectivity index (χ1n) is 11.1. The first kappa shape index (κ1) is 22.9. The number of amides is 3. The van der Waals surface area contributed by atoms with E-state index in [1.54, 1.807) is 24.3 Å². The minimum atomic E-state index is -0.228. The maximum atomic E-state index is 12.7. The standard InChI is InChI=1S/C27H25BrN2O3/c28-21-16-14-20(15-17-21)25(19-9-3-1-4-10-19)29-24(31)13-5-2-8-18-30-26(32)22-11-6-7-12-23(22)27(30)33/h1,3-4,6-7,9-12,14-17,25H,2,5,8,13,18H2,(H,29,31)/t25-/m1/s1. The first-order chi connectivity index (χ1) is 16.0. The van der Waals surface area contributed by atoms with Gasteiger partial charge in [0.05, 0.1) is 17.2 Å². The minimum absolute atomic E-state index is 0.0208. The summed E-state index contributed by atoms with van der Waals surface area (Å²) in [6, 6.07) is 24.5. The molecule has 1 N–H and O–H groups in total. The molecular weight excluding hydrogens is 480 g/mol. The molecule has 3 amide bonds. The molecule has 33 heavy (non-hydrogen) atoms. The van der Waals surface area contributed by atoms with Crippen LogP contribution >= 0.6 is 15.9 Å². The number of halogens is 1. The van der Waals surface area contributed by atoms with Gasteiger partial charge in [0.25, 0.3) is 11.8 Å². The minimum Gasteiger partial charge on any atom is -0.345 e. The van der Waals surface area contributed by atoms with Crippen LogP contribution in [0.3, 0.4) is 0 Å². The molecule has 0 aromatic heterocycles. The smallest absolute Gasteiger partial charge is 0.261 e. The van der Waals surface area contributed by atoms with Gasteiger partial charge in [-0.05, 0) is 48.2 Å². The largest absolute Gasteiger partial charge is 0.345 e. The van der Waals surface area contributed by atoms with Gasteiger partial charge in [0.15, 0.2) is 0 Å². The van der Waals surface area contributed by atoms with Crippen LogP contribution in [0, 0.1) is 0 Å². The molecule has 0 bridgehead atoms. The van der Waals surface area contributed by atoms with Gasteiger partial charge in [0, 0.05) is 17.4 Å². The zero-order valence-corrected chi connectivity index (χ0v) is 19.8. The zero-order chi connectivity index (χ0) is 23.2. The number of rotatable bonds is 9. The number of carbonyl (C=O) groups excluding carboxylic acids is 3. The van der Waals surface area contributed by atoms with Gasteiger partial charge in [-0.25, -0.2) is 0 Å². The summed E-state index contributed by atoms with van der Waals surface area (Å²) in [6.07, 6.45) is 2.52. The fraction of sp³-hybridized carbons (Fsp3) is 0.222. The molecule has 0 aliphatic carbocycles. The Morgan fingerprint density at radius 1 is 0.758 bits per heavy atom. The molecule has 1 atom stereocenters. The average molecular weight is 505 g/mol. The van der Waals surface area contributed by atoms with Crippen LogP contribution in [-0.4, -0.2) is 29.2 Å². The normalized spacial score (nSPS) is 13.7. The van der Waals surface area contributed by atoms with Gasteiger partial charge in [-0.2, -0.15) is 0 Å². The third-order valence-electron chi connectivity index (χ3n) is 5.81. The monoisotopic (exact) mass is 504 g/mol. The summed E-state index contributed by atoms with van der Waals surface area (Å²) in [7, 11) is 0. The lowest BCUT2D eigenvalue weighted by molar-refractivity contribution is -0.121. The van der Waals surface area contributed by atoms with Crippen molar-refractivity contribution in [1.82, 2.24) is 10.2 Å². The van der Waals surface area contributed by atoms with Crippen molar-refractivity contribution in [3.63, 3.8) is 0 Å². The van der Waals surface area contributed by atoms with Gasteiger partial charge >= 0.3 is 0 Å². The molecular formula is C27H25BrN2O3. The van der Waals surface area contributed by atoms with E-state index in [0.29, 0.717) is 36.9 Å².